The van der Waals surface area contributed by atoms with Gasteiger partial charge in [-0.2, -0.15) is 0 Å². The number of hydrogen-bond acceptors (Lipinski definition) is 11. The number of thioether (sulfide) groups is 1. The van der Waals surface area contributed by atoms with Crippen LogP contribution in [0.1, 0.15) is 22.7 Å². The lowest BCUT2D eigenvalue weighted by Crippen LogP contribution is -2.66. The van der Waals surface area contributed by atoms with Gasteiger partial charge >= 0.3 is 5.97 Å². The van der Waals surface area contributed by atoms with E-state index in [0.29, 0.717) is 0 Å². The van der Waals surface area contributed by atoms with Gasteiger partial charge in [0.05, 0.1) is 28.4 Å². The van der Waals surface area contributed by atoms with Crippen LogP contribution in [0, 0.1) is 12.3 Å². The van der Waals surface area contributed by atoms with Crippen LogP contribution in [0.5, 0.6) is 0 Å². The number of anilines is 1. The maximum absolute atomic E-state index is 13.2. The number of nitrogens with zero attached hydrogens (tertiary/aromatic N) is 4. The third-order valence-electron chi connectivity index (χ3n) is 5.35. The van der Waals surface area contributed by atoms with Crippen molar-refractivity contribution < 1.29 is 24.3 Å². The lowest BCUT2D eigenvalue weighted by molar-refractivity contribution is -0.154. The van der Waals surface area contributed by atoms with Gasteiger partial charge in [-0.1, -0.05) is 11.2 Å². The molecule has 3 atom stereocenters. The Morgan fingerprint density at radius 1 is 1.45 bits per heavy atom. The summed E-state index contributed by atoms with van der Waals surface area (Å²) < 4.78 is 0. The number of carboxylic acid groups (broad SMARTS) is 1. The predicted molar refractivity (Wildman–Crippen MR) is 126 cm³/mol. The number of aliphatic carboxylic acids is 1. The van der Waals surface area contributed by atoms with E-state index in [-0.39, 0.29) is 40.8 Å². The third kappa shape index (κ3) is 4.32. The number of nitrogens with one attached hydrogen (secondary N) is 1. The zero-order valence-electron chi connectivity index (χ0n) is 17.5. The van der Waals surface area contributed by atoms with Crippen molar-refractivity contribution in [3.05, 3.63) is 33.2 Å². The fraction of sp³-hybridized carbons (Fsp3) is 0.368. The van der Waals surface area contributed by atoms with Gasteiger partial charge in [0.1, 0.15) is 18.2 Å². The van der Waals surface area contributed by atoms with Crippen molar-refractivity contribution >= 4 is 69.1 Å². The van der Waals surface area contributed by atoms with Crippen LogP contribution in [-0.4, -0.2) is 67.9 Å². The fourth-order valence-electron chi connectivity index (χ4n) is 3.51. The molecule has 2 aromatic rings. The monoisotopic (exact) mass is 508 g/mol. The van der Waals surface area contributed by atoms with Crippen molar-refractivity contribution in [2.45, 2.75) is 24.1 Å². The molecule has 11 nitrogen and oxygen atoms in total. The van der Waals surface area contributed by atoms with Gasteiger partial charge in [-0.3, -0.25) is 14.4 Å². The van der Waals surface area contributed by atoms with Gasteiger partial charge in [0.2, 0.25) is 5.91 Å². The van der Waals surface area contributed by atoms with E-state index in [0.717, 1.165) is 21.9 Å². The van der Waals surface area contributed by atoms with E-state index in [1.165, 1.54) is 41.2 Å². The molecule has 2 aliphatic rings. The van der Waals surface area contributed by atoms with E-state index in [1.54, 1.807) is 17.0 Å². The first-order chi connectivity index (χ1) is 15.7. The van der Waals surface area contributed by atoms with E-state index < -0.39 is 22.7 Å². The molecule has 33 heavy (non-hydrogen) atoms. The first kappa shape index (κ1) is 23.2. The first-order valence-corrected chi connectivity index (χ1v) is 12.4. The Balaban J connectivity index is 1.68. The van der Waals surface area contributed by atoms with E-state index in [9.17, 15) is 19.5 Å². The Morgan fingerprint density at radius 3 is 2.82 bits per heavy atom. The Kier molecular flexibility index (Phi) is 6.41. The van der Waals surface area contributed by atoms with Gasteiger partial charge < -0.3 is 25.9 Å². The summed E-state index contributed by atoms with van der Waals surface area (Å²) in [6.45, 7) is 1.75. The smallest absolute Gasteiger partial charge is 0.318 e. The zero-order valence-corrected chi connectivity index (χ0v) is 20.0. The van der Waals surface area contributed by atoms with Crippen molar-refractivity contribution in [3.8, 4) is 0 Å². The van der Waals surface area contributed by atoms with E-state index in [1.807, 2.05) is 6.92 Å². The number of thiazole rings is 2. The quantitative estimate of drug-likeness (QED) is 0.285. The molecule has 0 saturated carbocycles. The van der Waals surface area contributed by atoms with Crippen LogP contribution in [0.25, 0.3) is 6.08 Å². The summed E-state index contributed by atoms with van der Waals surface area (Å²) in [5, 5.41) is 17.6. The number of carbonyl (C=O) groups excluding carboxylic acids is 2. The normalized spacial score (nSPS) is 25.0. The van der Waals surface area contributed by atoms with Crippen LogP contribution in [0.15, 0.2) is 22.1 Å². The number of aryl methyl sites for hydroxylation is 1. The van der Waals surface area contributed by atoms with E-state index in [4.69, 9.17) is 10.6 Å². The highest BCUT2D eigenvalue weighted by atomic mass is 32.2. The molecule has 2 saturated heterocycles. The summed E-state index contributed by atoms with van der Waals surface area (Å²) in [5.74, 6) is -1.95. The van der Waals surface area contributed by atoms with Crippen molar-refractivity contribution in [2.24, 2.45) is 10.6 Å². The predicted octanol–water partition coefficient (Wildman–Crippen LogP) is 1.37. The molecule has 4 rings (SSSR count). The van der Waals surface area contributed by atoms with Crippen LogP contribution in [0.4, 0.5) is 5.13 Å². The molecule has 0 radical (unpaired) electrons. The Morgan fingerprint density at radius 2 is 2.24 bits per heavy atom. The van der Waals surface area contributed by atoms with Crippen molar-refractivity contribution in [1.29, 1.82) is 0 Å². The molecule has 174 valence electrons. The van der Waals surface area contributed by atoms with E-state index >= 15 is 0 Å². The Labute approximate surface area is 200 Å². The SMILES string of the molecule is CON=C(C(=O)NC1S[C@@H]2CC(=O)N2CC1(C=Cc1scnc1C)C(=O)O)c1csc(N)n1. The minimum absolute atomic E-state index is 0.0709. The van der Waals surface area contributed by atoms with E-state index in [2.05, 4.69) is 20.4 Å². The molecular weight excluding hydrogens is 488 g/mol. The third-order valence-corrected chi connectivity index (χ3v) is 8.46. The number of rotatable bonds is 7. The summed E-state index contributed by atoms with van der Waals surface area (Å²) in [4.78, 5) is 53.3. The number of carboxylic acids is 1. The molecule has 2 aliphatic heterocycles. The standard InChI is InChI=1S/C19H20N6O5S3/c1-9-11(32-8-21-9)3-4-19(17(28)29)7-25-12(26)5-13(25)33-16(19)23-15(27)14(24-30-2)10-6-31-18(20)22-10/h3-4,6,8,13,16H,5,7H2,1-2H3,(H2,20,22)(H,23,27)(H,28,29)/t13-,16?,19?/m1/s1. The van der Waals surface area contributed by atoms with Crippen LogP contribution >= 0.6 is 34.4 Å². The molecule has 4 N–H and O–H groups in total. The number of oxime groups is 1. The number of amides is 2. The van der Waals surface area contributed by atoms with Gasteiger partial charge in [-0.05, 0) is 13.0 Å². The molecule has 2 unspecified atom stereocenters. The summed E-state index contributed by atoms with van der Waals surface area (Å²) in [6.07, 6.45) is 3.49. The first-order valence-electron chi connectivity index (χ1n) is 9.66. The average Bonchev–Trinajstić information content (AvgIpc) is 3.38. The minimum atomic E-state index is -1.58. The number of aromatic nitrogens is 2. The number of fused-ring (bicyclic) bond motifs is 1. The molecule has 14 heteroatoms. The molecule has 2 amide bonds. The molecular formula is C19H20N6O5S3. The highest BCUT2D eigenvalue weighted by Gasteiger charge is 2.57. The van der Waals surface area contributed by atoms with Gasteiger partial charge in [0.25, 0.3) is 5.91 Å². The molecule has 0 spiro atoms. The van der Waals surface area contributed by atoms with Crippen LogP contribution in [-0.2, 0) is 19.2 Å². The summed E-state index contributed by atoms with van der Waals surface area (Å²) in [7, 11) is 1.29. The van der Waals surface area contributed by atoms with Crippen LogP contribution in [0.3, 0.4) is 0 Å². The molecule has 2 fully saturated rings. The Bertz CT molecular complexity index is 1160. The number of hydrogen-bond donors (Lipinski definition) is 3. The maximum Gasteiger partial charge on any atom is 0.318 e. The van der Waals surface area contributed by atoms with Gasteiger partial charge in [-0.25, -0.2) is 9.97 Å². The molecule has 2 aromatic heterocycles. The number of β-lactam (4-membered cyclic amide) rings is 1. The minimum Gasteiger partial charge on any atom is -0.480 e. The van der Waals surface area contributed by atoms with Crippen LogP contribution < -0.4 is 11.1 Å². The summed E-state index contributed by atoms with van der Waals surface area (Å²) in [5.41, 5.74) is 6.62. The summed E-state index contributed by atoms with van der Waals surface area (Å²) >= 11 is 3.72. The number of carbonyl (C=O) groups is 3. The second-order valence-electron chi connectivity index (χ2n) is 7.34. The topological polar surface area (TPSA) is 160 Å². The van der Waals surface area contributed by atoms with Crippen molar-refractivity contribution in [2.75, 3.05) is 19.4 Å². The van der Waals surface area contributed by atoms with Gasteiger partial charge in [-0.15, -0.1) is 34.4 Å². The number of nitrogen functional groups attached to an aromatic ring is 1. The molecule has 0 aromatic carbocycles. The van der Waals surface area contributed by atoms with Crippen LogP contribution in [0.2, 0.25) is 0 Å². The average molecular weight is 509 g/mol. The lowest BCUT2D eigenvalue weighted by atomic mass is 9.84. The Hall–Kier alpha value is -2.97. The van der Waals surface area contributed by atoms with Gasteiger partial charge in [0, 0.05) is 16.8 Å². The highest BCUT2D eigenvalue weighted by molar-refractivity contribution is 8.00. The fourth-order valence-corrected chi connectivity index (χ4v) is 6.31. The van der Waals surface area contributed by atoms with Crippen molar-refractivity contribution in [1.82, 2.24) is 20.2 Å². The molecule has 0 bridgehead atoms. The molecule has 0 aliphatic carbocycles. The molecule has 4 heterocycles. The van der Waals surface area contributed by atoms with Gasteiger partial charge in [0.15, 0.2) is 10.8 Å². The summed E-state index contributed by atoms with van der Waals surface area (Å²) in [6, 6.07) is 0. The largest absolute Gasteiger partial charge is 0.480 e. The van der Waals surface area contributed by atoms with Crippen molar-refractivity contribution in [3.63, 3.8) is 0 Å². The zero-order chi connectivity index (χ0) is 23.8. The number of nitrogens with two attached hydrogens (primary N) is 1. The second kappa shape index (κ2) is 9.11. The highest BCUT2D eigenvalue weighted by Crippen LogP contribution is 2.47. The lowest BCUT2D eigenvalue weighted by Gasteiger charge is -2.52. The second-order valence-corrected chi connectivity index (χ2v) is 10.4. The maximum atomic E-state index is 13.2.